The van der Waals surface area contributed by atoms with Crippen molar-refractivity contribution in [3.63, 3.8) is 0 Å². The maximum atomic E-state index is 12.5. The number of carboxylic acids is 1. The normalized spacial score (nSPS) is 22.5. The van der Waals surface area contributed by atoms with Crippen LogP contribution < -0.4 is 0 Å². The number of aliphatic carboxylic acids is 1. The molecule has 2 atom stereocenters. The number of thioether (sulfide) groups is 1. The maximum Gasteiger partial charge on any atom is 0.327 e. The number of nitrogens with zero attached hydrogens (tertiary/aromatic N) is 2. The molecular formula is C12H13BrN2O3S. The summed E-state index contributed by atoms with van der Waals surface area (Å²) in [6.45, 7) is 1.95. The molecule has 1 N–H and O–H groups in total. The molecule has 102 valence electrons. The summed E-state index contributed by atoms with van der Waals surface area (Å²) in [7, 11) is 0. The van der Waals surface area contributed by atoms with Gasteiger partial charge in [0.15, 0.2) is 0 Å². The molecule has 0 aliphatic carbocycles. The molecule has 2 heterocycles. The van der Waals surface area contributed by atoms with Crippen molar-refractivity contribution >= 4 is 39.6 Å². The van der Waals surface area contributed by atoms with E-state index in [0.29, 0.717) is 15.8 Å². The molecule has 1 aromatic heterocycles. The second-order valence-electron chi connectivity index (χ2n) is 4.15. The molecular weight excluding hydrogens is 332 g/mol. The fourth-order valence-electron chi connectivity index (χ4n) is 2.02. The molecule has 5 nitrogen and oxygen atoms in total. The Kier molecular flexibility index (Phi) is 4.46. The topological polar surface area (TPSA) is 70.5 Å². The van der Waals surface area contributed by atoms with E-state index in [4.69, 9.17) is 0 Å². The first-order valence-electron chi connectivity index (χ1n) is 5.82. The molecule has 1 saturated heterocycles. The minimum atomic E-state index is -0.959. The van der Waals surface area contributed by atoms with Crippen LogP contribution in [0.5, 0.6) is 0 Å². The van der Waals surface area contributed by atoms with Crippen molar-refractivity contribution < 1.29 is 14.7 Å². The zero-order valence-electron chi connectivity index (χ0n) is 10.2. The zero-order valence-corrected chi connectivity index (χ0v) is 12.6. The SMILES string of the molecule is CCC1SCC(C(=O)O)N1C(=O)c1cncc(Br)c1. The Morgan fingerprint density at radius 1 is 1.58 bits per heavy atom. The minimum Gasteiger partial charge on any atom is -0.480 e. The van der Waals surface area contributed by atoms with Gasteiger partial charge in [-0.15, -0.1) is 11.8 Å². The van der Waals surface area contributed by atoms with Gasteiger partial charge in [-0.3, -0.25) is 9.78 Å². The van der Waals surface area contributed by atoms with Crippen molar-refractivity contribution in [1.29, 1.82) is 0 Å². The Morgan fingerprint density at radius 3 is 2.89 bits per heavy atom. The predicted molar refractivity (Wildman–Crippen MR) is 76.1 cm³/mol. The van der Waals surface area contributed by atoms with Crippen LogP contribution in [0.4, 0.5) is 0 Å². The molecule has 2 unspecified atom stereocenters. The van der Waals surface area contributed by atoms with Crippen molar-refractivity contribution in [3.05, 3.63) is 28.5 Å². The Morgan fingerprint density at radius 2 is 2.32 bits per heavy atom. The summed E-state index contributed by atoms with van der Waals surface area (Å²) in [5.74, 6) is -0.807. The van der Waals surface area contributed by atoms with Gasteiger partial charge in [-0.2, -0.15) is 0 Å². The lowest BCUT2D eigenvalue weighted by Crippen LogP contribution is -2.45. The van der Waals surface area contributed by atoms with E-state index in [1.54, 1.807) is 12.3 Å². The summed E-state index contributed by atoms with van der Waals surface area (Å²) < 4.78 is 0.699. The molecule has 19 heavy (non-hydrogen) atoms. The number of hydrogen-bond donors (Lipinski definition) is 1. The molecule has 7 heteroatoms. The second-order valence-corrected chi connectivity index (χ2v) is 6.28. The van der Waals surface area contributed by atoms with Crippen LogP contribution in [0.1, 0.15) is 23.7 Å². The van der Waals surface area contributed by atoms with Gasteiger partial charge in [0.25, 0.3) is 5.91 Å². The van der Waals surface area contributed by atoms with Gasteiger partial charge in [0, 0.05) is 22.6 Å². The minimum absolute atomic E-state index is 0.0902. The number of hydrogen-bond acceptors (Lipinski definition) is 4. The lowest BCUT2D eigenvalue weighted by molar-refractivity contribution is -0.141. The fraction of sp³-hybridized carbons (Fsp3) is 0.417. The van der Waals surface area contributed by atoms with E-state index >= 15 is 0 Å². The Hall–Kier alpha value is -1.08. The lowest BCUT2D eigenvalue weighted by atomic mass is 10.2. The van der Waals surface area contributed by atoms with E-state index in [2.05, 4.69) is 20.9 Å². The highest BCUT2D eigenvalue weighted by Crippen LogP contribution is 2.32. The quantitative estimate of drug-likeness (QED) is 0.910. The summed E-state index contributed by atoms with van der Waals surface area (Å²) in [6.07, 6.45) is 3.77. The first kappa shape index (κ1) is 14.3. The zero-order chi connectivity index (χ0) is 14.0. The number of carboxylic acid groups (broad SMARTS) is 1. The number of rotatable bonds is 3. The van der Waals surface area contributed by atoms with E-state index in [9.17, 15) is 14.7 Å². The van der Waals surface area contributed by atoms with Gasteiger partial charge < -0.3 is 10.0 Å². The predicted octanol–water partition coefficient (Wildman–Crippen LogP) is 2.22. The van der Waals surface area contributed by atoms with Crippen molar-refractivity contribution in [2.75, 3.05) is 5.75 Å². The van der Waals surface area contributed by atoms with E-state index in [-0.39, 0.29) is 11.3 Å². The van der Waals surface area contributed by atoms with Crippen LogP contribution in [0.2, 0.25) is 0 Å². The van der Waals surface area contributed by atoms with Crippen LogP contribution in [0.3, 0.4) is 0 Å². The Bertz CT molecular complexity index is 512. The molecule has 0 aromatic carbocycles. The number of pyridine rings is 1. The highest BCUT2D eigenvalue weighted by atomic mass is 79.9. The third-order valence-electron chi connectivity index (χ3n) is 2.91. The van der Waals surface area contributed by atoms with Crippen molar-refractivity contribution in [2.45, 2.75) is 24.8 Å². The van der Waals surface area contributed by atoms with Crippen LogP contribution in [0.15, 0.2) is 22.9 Å². The monoisotopic (exact) mass is 344 g/mol. The van der Waals surface area contributed by atoms with Crippen LogP contribution in [0.25, 0.3) is 0 Å². The first-order chi connectivity index (χ1) is 9.04. The molecule has 0 spiro atoms. The van der Waals surface area contributed by atoms with Gasteiger partial charge in [0.2, 0.25) is 0 Å². The van der Waals surface area contributed by atoms with Gasteiger partial charge in [-0.25, -0.2) is 4.79 Å². The average molecular weight is 345 g/mol. The molecule has 1 aliphatic heterocycles. The summed E-state index contributed by atoms with van der Waals surface area (Å²) in [4.78, 5) is 29.1. The van der Waals surface area contributed by atoms with Crippen LogP contribution >= 0.6 is 27.7 Å². The highest BCUT2D eigenvalue weighted by Gasteiger charge is 2.41. The van der Waals surface area contributed by atoms with Crippen molar-refractivity contribution in [2.24, 2.45) is 0 Å². The molecule has 1 amide bonds. The van der Waals surface area contributed by atoms with Crippen molar-refractivity contribution in [3.8, 4) is 0 Å². The maximum absolute atomic E-state index is 12.5. The second kappa shape index (κ2) is 5.92. The molecule has 2 rings (SSSR count). The number of carbonyl (C=O) groups is 2. The van der Waals surface area contributed by atoms with Crippen molar-refractivity contribution in [1.82, 2.24) is 9.88 Å². The van der Waals surface area contributed by atoms with Gasteiger partial charge in [0.1, 0.15) is 6.04 Å². The number of halogens is 1. The summed E-state index contributed by atoms with van der Waals surface area (Å²) in [6, 6.07) is 0.894. The van der Waals surface area contributed by atoms with Gasteiger partial charge in [0.05, 0.1) is 10.9 Å². The molecule has 0 radical (unpaired) electrons. The molecule has 1 fully saturated rings. The molecule has 0 bridgehead atoms. The standard InChI is InChI=1S/C12H13BrN2O3S/c1-2-10-15(9(6-19-10)12(17)18)11(16)7-3-8(13)5-14-4-7/h3-5,9-10H,2,6H2,1H3,(H,17,18). The van der Waals surface area contributed by atoms with Gasteiger partial charge in [-0.05, 0) is 28.4 Å². The van der Waals surface area contributed by atoms with Gasteiger partial charge >= 0.3 is 5.97 Å². The van der Waals surface area contributed by atoms with E-state index in [1.165, 1.54) is 22.9 Å². The van der Waals surface area contributed by atoms with Crippen LogP contribution in [-0.2, 0) is 4.79 Å². The first-order valence-corrected chi connectivity index (χ1v) is 7.66. The number of aromatic nitrogens is 1. The Labute approximate surface area is 123 Å². The van der Waals surface area contributed by atoms with E-state index in [1.807, 2.05) is 6.92 Å². The largest absolute Gasteiger partial charge is 0.480 e. The molecule has 0 saturated carbocycles. The smallest absolute Gasteiger partial charge is 0.327 e. The van der Waals surface area contributed by atoms with Gasteiger partial charge in [-0.1, -0.05) is 6.92 Å². The molecule has 1 aromatic rings. The average Bonchev–Trinajstić information content (AvgIpc) is 2.81. The summed E-state index contributed by atoms with van der Waals surface area (Å²) >= 11 is 4.77. The summed E-state index contributed by atoms with van der Waals surface area (Å²) in [5, 5.41) is 9.13. The Balaban J connectivity index is 2.31. The lowest BCUT2D eigenvalue weighted by Gasteiger charge is -2.26. The van der Waals surface area contributed by atoms with E-state index < -0.39 is 12.0 Å². The molecule has 1 aliphatic rings. The fourth-order valence-corrected chi connectivity index (χ4v) is 3.73. The number of amides is 1. The third kappa shape index (κ3) is 2.92. The van der Waals surface area contributed by atoms with E-state index in [0.717, 1.165) is 6.42 Å². The number of carbonyl (C=O) groups excluding carboxylic acids is 1. The summed E-state index contributed by atoms with van der Waals surface area (Å²) in [5.41, 5.74) is 0.404. The highest BCUT2D eigenvalue weighted by molar-refractivity contribution is 9.10. The van der Waals surface area contributed by atoms with Crippen LogP contribution in [0, 0.1) is 0 Å². The van der Waals surface area contributed by atoms with Crippen LogP contribution in [-0.4, -0.2) is 44.0 Å². The third-order valence-corrected chi connectivity index (χ3v) is 4.80.